The molecule has 0 saturated heterocycles. The molecule has 26 heavy (non-hydrogen) atoms. The molecule has 0 radical (unpaired) electrons. The molecule has 1 aliphatic carbocycles. The summed E-state index contributed by atoms with van der Waals surface area (Å²) in [5.74, 6) is 1.21. The van der Waals surface area contributed by atoms with Crippen molar-refractivity contribution in [2.75, 3.05) is 0 Å². The number of amides is 1. The number of nitrogens with one attached hydrogen (secondary N) is 1. The predicted molar refractivity (Wildman–Crippen MR) is 105 cm³/mol. The Morgan fingerprint density at radius 1 is 1.04 bits per heavy atom. The maximum absolute atomic E-state index is 12.2. The molecule has 0 spiro atoms. The molecule has 1 N–H and O–H groups in total. The Hall–Kier alpha value is -2.62. The molecule has 1 aliphatic rings. The molecular weight excluding hydrogens is 324 g/mol. The summed E-state index contributed by atoms with van der Waals surface area (Å²) in [7, 11) is 0. The fourth-order valence-electron chi connectivity index (χ4n) is 3.05. The van der Waals surface area contributed by atoms with Gasteiger partial charge in [-0.2, -0.15) is 5.10 Å². The van der Waals surface area contributed by atoms with Crippen LogP contribution in [0, 0.1) is 5.92 Å². The summed E-state index contributed by atoms with van der Waals surface area (Å²) >= 11 is 0. The second kappa shape index (κ2) is 8.65. The highest BCUT2D eigenvalue weighted by molar-refractivity contribution is 5.87. The number of hydrogen-bond donors (Lipinski definition) is 1. The van der Waals surface area contributed by atoms with Crippen LogP contribution < -0.4 is 10.2 Å². The number of carbonyl (C=O) groups excluding carboxylic acids is 1. The standard InChI is InChI=1S/C22H26N2O2/c1-16-8-12-20(13-9-16)23-24-22(25)17(2)26-21-14-10-19(11-15-21)18-6-4-3-5-7-18/h3-7,10-11,14-17H,8-9,12-13H2,1-2H3,(H,24,25). The van der Waals surface area contributed by atoms with Crippen LogP contribution in [0.4, 0.5) is 0 Å². The fourth-order valence-corrected chi connectivity index (χ4v) is 3.05. The molecule has 0 aliphatic heterocycles. The van der Waals surface area contributed by atoms with Crippen LogP contribution in [0.1, 0.15) is 39.5 Å². The summed E-state index contributed by atoms with van der Waals surface area (Å²) in [5, 5.41) is 4.27. The zero-order chi connectivity index (χ0) is 18.4. The number of hydrogen-bond acceptors (Lipinski definition) is 3. The first-order valence-corrected chi connectivity index (χ1v) is 9.29. The van der Waals surface area contributed by atoms with Crippen LogP contribution in [0.15, 0.2) is 59.7 Å². The Labute approximate surface area is 155 Å². The number of ether oxygens (including phenoxy) is 1. The largest absolute Gasteiger partial charge is 0.481 e. The zero-order valence-corrected chi connectivity index (χ0v) is 15.4. The Kier molecular flexibility index (Phi) is 6.05. The van der Waals surface area contributed by atoms with Crippen molar-refractivity contribution in [3.8, 4) is 16.9 Å². The molecule has 3 rings (SSSR count). The zero-order valence-electron chi connectivity index (χ0n) is 15.4. The van der Waals surface area contributed by atoms with E-state index >= 15 is 0 Å². The third kappa shape index (κ3) is 4.94. The maximum Gasteiger partial charge on any atom is 0.280 e. The number of rotatable bonds is 5. The summed E-state index contributed by atoms with van der Waals surface area (Å²) in [4.78, 5) is 12.2. The molecule has 2 aromatic rings. The molecule has 1 fully saturated rings. The van der Waals surface area contributed by atoms with E-state index in [1.165, 1.54) is 0 Å². The van der Waals surface area contributed by atoms with Crippen LogP contribution in [0.2, 0.25) is 0 Å². The van der Waals surface area contributed by atoms with Gasteiger partial charge in [0.05, 0.1) is 0 Å². The third-order valence-electron chi connectivity index (χ3n) is 4.82. The van der Waals surface area contributed by atoms with Gasteiger partial charge in [-0.25, -0.2) is 5.43 Å². The topological polar surface area (TPSA) is 50.7 Å². The van der Waals surface area contributed by atoms with Crippen LogP contribution in [0.5, 0.6) is 5.75 Å². The lowest BCUT2D eigenvalue weighted by molar-refractivity contribution is -0.127. The summed E-state index contributed by atoms with van der Waals surface area (Å²) in [6.45, 7) is 4.00. The van der Waals surface area contributed by atoms with E-state index in [0.29, 0.717) is 5.75 Å². The predicted octanol–water partition coefficient (Wildman–Crippen LogP) is 4.80. The summed E-state index contributed by atoms with van der Waals surface area (Å²) < 4.78 is 5.74. The highest BCUT2D eigenvalue weighted by atomic mass is 16.5. The Morgan fingerprint density at radius 2 is 1.65 bits per heavy atom. The van der Waals surface area contributed by atoms with Crippen molar-refractivity contribution in [3.05, 3.63) is 54.6 Å². The molecule has 0 aromatic heterocycles. The van der Waals surface area contributed by atoms with E-state index in [1.54, 1.807) is 6.92 Å². The van der Waals surface area contributed by atoms with E-state index < -0.39 is 6.10 Å². The molecule has 1 amide bonds. The fraction of sp³-hybridized carbons (Fsp3) is 0.364. The van der Waals surface area contributed by atoms with Crippen molar-refractivity contribution in [3.63, 3.8) is 0 Å². The van der Waals surface area contributed by atoms with Crippen molar-refractivity contribution in [1.82, 2.24) is 5.43 Å². The number of nitrogens with zero attached hydrogens (tertiary/aromatic N) is 1. The molecule has 2 aromatic carbocycles. The number of hydrazone groups is 1. The molecule has 1 saturated carbocycles. The minimum absolute atomic E-state index is 0.219. The van der Waals surface area contributed by atoms with Crippen LogP contribution in [-0.4, -0.2) is 17.7 Å². The second-order valence-electron chi connectivity index (χ2n) is 6.99. The first-order valence-electron chi connectivity index (χ1n) is 9.29. The van der Waals surface area contributed by atoms with Crippen molar-refractivity contribution in [2.45, 2.75) is 45.6 Å². The van der Waals surface area contributed by atoms with Crippen molar-refractivity contribution in [1.29, 1.82) is 0 Å². The van der Waals surface area contributed by atoms with Gasteiger partial charge in [-0.05, 0) is 61.8 Å². The van der Waals surface area contributed by atoms with E-state index in [0.717, 1.165) is 48.4 Å². The van der Waals surface area contributed by atoms with Gasteiger partial charge < -0.3 is 4.74 Å². The molecule has 4 nitrogen and oxygen atoms in total. The van der Waals surface area contributed by atoms with Gasteiger partial charge in [0.15, 0.2) is 6.10 Å². The average molecular weight is 350 g/mol. The number of carbonyl (C=O) groups is 1. The van der Waals surface area contributed by atoms with Crippen molar-refractivity contribution < 1.29 is 9.53 Å². The smallest absolute Gasteiger partial charge is 0.280 e. The molecule has 1 unspecified atom stereocenters. The van der Waals surface area contributed by atoms with Crippen LogP contribution in [0.25, 0.3) is 11.1 Å². The van der Waals surface area contributed by atoms with E-state index in [-0.39, 0.29) is 5.91 Å². The Balaban J connectivity index is 1.53. The number of benzene rings is 2. The lowest BCUT2D eigenvalue weighted by Gasteiger charge is -2.19. The molecular formula is C22H26N2O2. The first-order chi connectivity index (χ1) is 12.6. The van der Waals surface area contributed by atoms with Gasteiger partial charge in [0.1, 0.15) is 5.75 Å². The second-order valence-corrected chi connectivity index (χ2v) is 6.99. The Bertz CT molecular complexity index is 743. The van der Waals surface area contributed by atoms with Gasteiger partial charge >= 0.3 is 0 Å². The monoisotopic (exact) mass is 350 g/mol. The Morgan fingerprint density at radius 3 is 2.31 bits per heavy atom. The molecule has 1 atom stereocenters. The normalized spacial score (nSPS) is 18.1. The minimum atomic E-state index is -0.593. The quantitative estimate of drug-likeness (QED) is 0.787. The SMILES string of the molecule is CC1CCC(=NNC(=O)C(C)Oc2ccc(-c3ccccc3)cc2)CC1. The molecule has 4 heteroatoms. The van der Waals surface area contributed by atoms with Gasteiger partial charge in [0, 0.05) is 5.71 Å². The lowest BCUT2D eigenvalue weighted by Crippen LogP contribution is -2.34. The molecule has 0 heterocycles. The lowest BCUT2D eigenvalue weighted by atomic mass is 9.90. The summed E-state index contributed by atoms with van der Waals surface area (Å²) in [5.41, 5.74) is 6.00. The minimum Gasteiger partial charge on any atom is -0.481 e. The maximum atomic E-state index is 12.2. The van der Waals surface area contributed by atoms with Gasteiger partial charge in [0.25, 0.3) is 5.91 Å². The average Bonchev–Trinajstić information content (AvgIpc) is 2.68. The van der Waals surface area contributed by atoms with E-state index in [9.17, 15) is 4.79 Å². The van der Waals surface area contributed by atoms with E-state index in [2.05, 4.69) is 29.6 Å². The van der Waals surface area contributed by atoms with Crippen LogP contribution in [-0.2, 0) is 4.79 Å². The van der Waals surface area contributed by atoms with Gasteiger partial charge in [-0.1, -0.05) is 49.4 Å². The van der Waals surface area contributed by atoms with Crippen molar-refractivity contribution >= 4 is 11.6 Å². The highest BCUT2D eigenvalue weighted by Gasteiger charge is 2.17. The van der Waals surface area contributed by atoms with Gasteiger partial charge in [-0.3, -0.25) is 4.79 Å². The first kappa shape index (κ1) is 18.2. The van der Waals surface area contributed by atoms with E-state index in [1.807, 2.05) is 42.5 Å². The third-order valence-corrected chi connectivity index (χ3v) is 4.82. The summed E-state index contributed by atoms with van der Waals surface area (Å²) in [6, 6.07) is 17.9. The van der Waals surface area contributed by atoms with Gasteiger partial charge in [0.2, 0.25) is 0 Å². The van der Waals surface area contributed by atoms with E-state index in [4.69, 9.17) is 4.74 Å². The summed E-state index contributed by atoms with van der Waals surface area (Å²) in [6.07, 6.45) is 3.64. The molecule has 0 bridgehead atoms. The molecule has 136 valence electrons. The van der Waals surface area contributed by atoms with Gasteiger partial charge in [-0.15, -0.1) is 0 Å². The highest BCUT2D eigenvalue weighted by Crippen LogP contribution is 2.23. The van der Waals surface area contributed by atoms with Crippen molar-refractivity contribution in [2.24, 2.45) is 11.0 Å². The van der Waals surface area contributed by atoms with Crippen LogP contribution in [0.3, 0.4) is 0 Å². The van der Waals surface area contributed by atoms with Crippen LogP contribution >= 0.6 is 0 Å².